The van der Waals surface area contributed by atoms with Gasteiger partial charge in [0.1, 0.15) is 5.75 Å². The lowest BCUT2D eigenvalue weighted by atomic mass is 10.2. The molecule has 0 amide bonds. The lowest BCUT2D eigenvalue weighted by Gasteiger charge is -2.06. The number of benzene rings is 2. The van der Waals surface area contributed by atoms with Crippen LogP contribution in [0.2, 0.25) is 0 Å². The smallest absolute Gasteiger partial charge is 0.330 e. The highest BCUT2D eigenvalue weighted by Crippen LogP contribution is 2.23. The van der Waals surface area contributed by atoms with E-state index in [1.54, 1.807) is 0 Å². The van der Waals surface area contributed by atoms with E-state index in [2.05, 4.69) is 16.8 Å². The largest absolute Gasteiger partial charge is 0.494 e. The molecule has 0 radical (unpaired) electrons. The highest BCUT2D eigenvalue weighted by atomic mass is 16.5. The molecule has 0 aliphatic carbocycles. The third kappa shape index (κ3) is 6.39. The zero-order valence-electron chi connectivity index (χ0n) is 14.9. The van der Waals surface area contributed by atoms with Crippen molar-refractivity contribution in [3.05, 3.63) is 60.7 Å². The number of anilines is 1. The van der Waals surface area contributed by atoms with Gasteiger partial charge in [-0.05, 0) is 67.8 Å². The Balaban J connectivity index is 1.75. The Hall–Kier alpha value is -3.15. The highest BCUT2D eigenvalue weighted by Gasteiger charge is 1.98. The molecule has 0 unspecified atom stereocenters. The normalized spacial score (nSPS) is 10.7. The highest BCUT2D eigenvalue weighted by molar-refractivity contribution is 5.81. The van der Waals surface area contributed by atoms with Crippen molar-refractivity contribution in [1.29, 1.82) is 0 Å². The van der Waals surface area contributed by atoms with Crippen LogP contribution >= 0.6 is 0 Å². The van der Waals surface area contributed by atoms with Gasteiger partial charge in [0, 0.05) is 11.8 Å². The van der Waals surface area contributed by atoms with Crippen molar-refractivity contribution in [2.24, 2.45) is 10.2 Å². The molecule has 0 saturated heterocycles. The van der Waals surface area contributed by atoms with Gasteiger partial charge in [0.2, 0.25) is 0 Å². The quantitative estimate of drug-likeness (QED) is 0.229. The van der Waals surface area contributed by atoms with Crippen LogP contribution in [0, 0.1) is 6.92 Å². The summed E-state index contributed by atoms with van der Waals surface area (Å²) in [5.41, 5.74) is 9.00. The summed E-state index contributed by atoms with van der Waals surface area (Å²) in [5.74, 6) is 0.361. The first-order chi connectivity index (χ1) is 12.6. The molecule has 0 aliphatic heterocycles. The molecule has 136 valence electrons. The van der Waals surface area contributed by atoms with Gasteiger partial charge in [-0.25, -0.2) is 4.79 Å². The van der Waals surface area contributed by atoms with E-state index in [4.69, 9.17) is 15.2 Å². The minimum absolute atomic E-state index is 0.373. The summed E-state index contributed by atoms with van der Waals surface area (Å²) >= 11 is 0. The van der Waals surface area contributed by atoms with E-state index in [0.717, 1.165) is 47.3 Å². The van der Waals surface area contributed by atoms with E-state index >= 15 is 0 Å². The average Bonchev–Trinajstić information content (AvgIpc) is 2.66. The predicted octanol–water partition coefficient (Wildman–Crippen LogP) is 4.88. The topological polar surface area (TPSA) is 86.3 Å². The first-order valence-electron chi connectivity index (χ1n) is 8.38. The van der Waals surface area contributed by atoms with Gasteiger partial charge in [-0.1, -0.05) is 6.58 Å². The van der Waals surface area contributed by atoms with Crippen LogP contribution in [0.5, 0.6) is 5.75 Å². The van der Waals surface area contributed by atoms with Gasteiger partial charge in [-0.2, -0.15) is 10.2 Å². The molecule has 0 atom stereocenters. The number of carbonyl (C=O) groups is 1. The molecule has 26 heavy (non-hydrogen) atoms. The van der Waals surface area contributed by atoms with E-state index in [0.29, 0.717) is 13.2 Å². The van der Waals surface area contributed by atoms with Crippen LogP contribution < -0.4 is 10.5 Å². The molecule has 0 saturated carbocycles. The zero-order valence-corrected chi connectivity index (χ0v) is 14.9. The summed E-state index contributed by atoms with van der Waals surface area (Å²) in [7, 11) is 0. The Labute approximate surface area is 153 Å². The summed E-state index contributed by atoms with van der Waals surface area (Å²) in [6.45, 7) is 6.20. The number of nitrogen functional groups attached to an aromatic ring is 1. The van der Waals surface area contributed by atoms with E-state index in [1.165, 1.54) is 0 Å². The molecule has 0 aliphatic rings. The first-order valence-corrected chi connectivity index (χ1v) is 8.38. The van der Waals surface area contributed by atoms with Crippen LogP contribution in [0.25, 0.3) is 0 Å². The second kappa shape index (κ2) is 9.98. The number of ether oxygens (including phenoxy) is 2. The van der Waals surface area contributed by atoms with Crippen LogP contribution in [-0.2, 0) is 9.53 Å². The molecule has 0 aromatic heterocycles. The number of aryl methyl sites for hydroxylation is 1. The van der Waals surface area contributed by atoms with Gasteiger partial charge in [-0.15, -0.1) is 0 Å². The van der Waals surface area contributed by atoms with E-state index < -0.39 is 5.97 Å². The van der Waals surface area contributed by atoms with Gasteiger partial charge < -0.3 is 15.2 Å². The summed E-state index contributed by atoms with van der Waals surface area (Å²) in [4.78, 5) is 10.9. The van der Waals surface area contributed by atoms with Gasteiger partial charge in [0.05, 0.1) is 24.6 Å². The molecular formula is C20H23N3O3. The summed E-state index contributed by atoms with van der Waals surface area (Å²) in [5, 5.41) is 8.41. The van der Waals surface area contributed by atoms with E-state index in [9.17, 15) is 4.79 Å². The number of azo groups is 1. The Morgan fingerprint density at radius 1 is 1.08 bits per heavy atom. The second-order valence-corrected chi connectivity index (χ2v) is 5.66. The number of carbonyl (C=O) groups excluding carboxylic acids is 1. The maximum Gasteiger partial charge on any atom is 0.330 e. The number of hydrogen-bond acceptors (Lipinski definition) is 6. The third-order valence-corrected chi connectivity index (χ3v) is 3.59. The standard InChI is InChI=1S/C20H23N3O3/c1-3-20(24)26-13-5-4-12-25-18-9-6-16(7-10-18)22-23-17-8-11-19(21)15(2)14-17/h3,6-11,14H,1,4-5,12-13,21H2,2H3. The van der Waals surface area contributed by atoms with Crippen LogP contribution in [0.4, 0.5) is 17.1 Å². The molecule has 2 N–H and O–H groups in total. The fraction of sp³-hybridized carbons (Fsp3) is 0.250. The molecule has 0 heterocycles. The monoisotopic (exact) mass is 353 g/mol. The van der Waals surface area contributed by atoms with Crippen molar-refractivity contribution in [1.82, 2.24) is 0 Å². The maximum atomic E-state index is 10.9. The lowest BCUT2D eigenvalue weighted by Crippen LogP contribution is -2.04. The van der Waals surface area contributed by atoms with Crippen molar-refractivity contribution in [3.63, 3.8) is 0 Å². The number of nitrogens with two attached hydrogens (primary N) is 1. The molecular weight excluding hydrogens is 330 g/mol. The SMILES string of the molecule is C=CC(=O)OCCCCOc1ccc(N=Nc2ccc(N)c(C)c2)cc1. The van der Waals surface area contributed by atoms with Gasteiger partial charge in [-0.3, -0.25) is 0 Å². The molecule has 6 heteroatoms. The summed E-state index contributed by atoms with van der Waals surface area (Å²) in [6.07, 6.45) is 2.69. The molecule has 2 aromatic carbocycles. The molecule has 0 bridgehead atoms. The number of nitrogens with zero attached hydrogens (tertiary/aromatic N) is 2. The number of hydrogen-bond donors (Lipinski definition) is 1. The van der Waals surface area contributed by atoms with Crippen molar-refractivity contribution >= 4 is 23.0 Å². The van der Waals surface area contributed by atoms with E-state index in [1.807, 2.05) is 49.4 Å². The number of rotatable bonds is 9. The average molecular weight is 353 g/mol. The van der Waals surface area contributed by atoms with E-state index in [-0.39, 0.29) is 0 Å². The van der Waals surface area contributed by atoms with Gasteiger partial charge >= 0.3 is 5.97 Å². The van der Waals surface area contributed by atoms with Gasteiger partial charge in [0.15, 0.2) is 0 Å². The molecule has 2 rings (SSSR count). The maximum absolute atomic E-state index is 10.9. The molecule has 0 spiro atoms. The number of unbranched alkanes of at least 4 members (excludes halogenated alkanes) is 1. The number of esters is 1. The summed E-state index contributed by atoms with van der Waals surface area (Å²) < 4.78 is 10.5. The predicted molar refractivity (Wildman–Crippen MR) is 102 cm³/mol. The third-order valence-electron chi connectivity index (χ3n) is 3.59. The molecule has 6 nitrogen and oxygen atoms in total. The lowest BCUT2D eigenvalue weighted by molar-refractivity contribution is -0.137. The first kappa shape index (κ1) is 19.2. The summed E-state index contributed by atoms with van der Waals surface area (Å²) in [6, 6.07) is 12.9. The Morgan fingerprint density at radius 2 is 1.73 bits per heavy atom. The fourth-order valence-corrected chi connectivity index (χ4v) is 2.07. The Bertz CT molecular complexity index is 770. The van der Waals surface area contributed by atoms with Crippen LogP contribution in [0.1, 0.15) is 18.4 Å². The minimum atomic E-state index is -0.398. The van der Waals surface area contributed by atoms with Crippen molar-refractivity contribution in [3.8, 4) is 5.75 Å². The minimum Gasteiger partial charge on any atom is -0.494 e. The molecule has 0 fully saturated rings. The van der Waals surface area contributed by atoms with Crippen molar-refractivity contribution in [2.45, 2.75) is 19.8 Å². The van der Waals surface area contributed by atoms with Crippen molar-refractivity contribution < 1.29 is 14.3 Å². The van der Waals surface area contributed by atoms with Crippen LogP contribution in [-0.4, -0.2) is 19.2 Å². The second-order valence-electron chi connectivity index (χ2n) is 5.66. The fourth-order valence-electron chi connectivity index (χ4n) is 2.07. The molecule has 2 aromatic rings. The van der Waals surface area contributed by atoms with Crippen LogP contribution in [0.15, 0.2) is 65.3 Å². The Morgan fingerprint density at radius 3 is 2.42 bits per heavy atom. The zero-order chi connectivity index (χ0) is 18.8. The van der Waals surface area contributed by atoms with Crippen LogP contribution in [0.3, 0.4) is 0 Å². The van der Waals surface area contributed by atoms with Gasteiger partial charge in [0.25, 0.3) is 0 Å². The Kier molecular flexibility index (Phi) is 7.36. The van der Waals surface area contributed by atoms with Crippen molar-refractivity contribution in [2.75, 3.05) is 18.9 Å².